The summed E-state index contributed by atoms with van der Waals surface area (Å²) >= 11 is 3.29. The Labute approximate surface area is 104 Å². The van der Waals surface area contributed by atoms with Crippen molar-refractivity contribution in [1.29, 1.82) is 0 Å². The van der Waals surface area contributed by atoms with Crippen LogP contribution in [0.2, 0.25) is 0 Å². The molecule has 0 aliphatic rings. The Bertz CT molecular complexity index is 471. The second-order valence-electron chi connectivity index (χ2n) is 3.52. The second-order valence-corrected chi connectivity index (χ2v) is 6.55. The van der Waals surface area contributed by atoms with Gasteiger partial charge in [-0.25, -0.2) is 8.42 Å². The zero-order valence-corrected chi connectivity index (χ0v) is 11.7. The van der Waals surface area contributed by atoms with Gasteiger partial charge in [-0.15, -0.1) is 0 Å². The third-order valence-corrected chi connectivity index (χ3v) is 4.62. The Morgan fingerprint density at radius 1 is 1.38 bits per heavy atom. The highest BCUT2D eigenvalue weighted by Crippen LogP contribution is 2.32. The molecule has 0 bridgehead atoms. The van der Waals surface area contributed by atoms with Crippen LogP contribution in [-0.4, -0.2) is 20.8 Å². The third-order valence-electron chi connectivity index (χ3n) is 2.06. The molecule has 0 fully saturated rings. The van der Waals surface area contributed by atoms with Gasteiger partial charge < -0.3 is 4.74 Å². The Morgan fingerprint density at radius 2 is 2.00 bits per heavy atom. The summed E-state index contributed by atoms with van der Waals surface area (Å²) in [5, 5.41) is -0.481. The normalized spacial score (nSPS) is 11.6. The summed E-state index contributed by atoms with van der Waals surface area (Å²) in [4.78, 5) is 0. The van der Waals surface area contributed by atoms with Crippen LogP contribution in [0.1, 0.15) is 13.8 Å². The lowest BCUT2D eigenvalue weighted by Gasteiger charge is -2.13. The number of hydrogen-bond acceptors (Lipinski definition) is 3. The van der Waals surface area contributed by atoms with Gasteiger partial charge in [-0.1, -0.05) is 6.07 Å². The van der Waals surface area contributed by atoms with E-state index < -0.39 is 15.3 Å². The van der Waals surface area contributed by atoms with Gasteiger partial charge in [0.1, 0.15) is 5.75 Å². The number of halogens is 1. The minimum Gasteiger partial charge on any atom is -0.495 e. The van der Waals surface area contributed by atoms with E-state index in [4.69, 9.17) is 4.74 Å². The number of methoxy groups -OCH3 is 1. The monoisotopic (exact) mass is 307 g/mol. The van der Waals surface area contributed by atoms with Gasteiger partial charge in [0.25, 0.3) is 0 Å². The summed E-state index contributed by atoms with van der Waals surface area (Å²) in [5.41, 5.74) is 0.480. The molecule has 1 rings (SSSR count). The fourth-order valence-electron chi connectivity index (χ4n) is 1.02. The molecule has 0 spiro atoms. The van der Waals surface area contributed by atoms with Crippen LogP contribution in [0, 0.1) is 0 Å². The Morgan fingerprint density at radius 3 is 2.50 bits per heavy atom. The maximum atomic E-state index is 11.7. The zero-order valence-electron chi connectivity index (χ0n) is 9.32. The third kappa shape index (κ3) is 2.89. The zero-order chi connectivity index (χ0) is 12.3. The van der Waals surface area contributed by atoms with Gasteiger partial charge in [-0.3, -0.25) is 4.72 Å². The lowest BCUT2D eigenvalue weighted by atomic mass is 10.3. The average molecular weight is 308 g/mol. The fourth-order valence-corrected chi connectivity index (χ4v) is 2.39. The molecule has 0 saturated carbocycles. The first-order valence-corrected chi connectivity index (χ1v) is 7.06. The van der Waals surface area contributed by atoms with Crippen LogP contribution in [0.25, 0.3) is 0 Å². The molecule has 0 aromatic heterocycles. The molecular formula is C10H14BrNO3S. The minimum absolute atomic E-state index is 0.480. The maximum absolute atomic E-state index is 11.7. The van der Waals surface area contributed by atoms with E-state index in [2.05, 4.69) is 20.7 Å². The minimum atomic E-state index is -3.33. The van der Waals surface area contributed by atoms with Crippen molar-refractivity contribution in [2.45, 2.75) is 19.1 Å². The molecule has 90 valence electrons. The average Bonchev–Trinajstić information content (AvgIpc) is 2.20. The molecule has 0 aliphatic carbocycles. The molecule has 1 aromatic rings. The molecule has 0 amide bonds. The van der Waals surface area contributed by atoms with E-state index in [1.54, 1.807) is 32.0 Å². The second kappa shape index (κ2) is 5.05. The van der Waals surface area contributed by atoms with Crippen molar-refractivity contribution < 1.29 is 13.2 Å². The molecule has 0 radical (unpaired) electrons. The number of ether oxygens (including phenoxy) is 1. The predicted molar refractivity (Wildman–Crippen MR) is 68.4 cm³/mol. The Hall–Kier alpha value is -0.750. The van der Waals surface area contributed by atoms with Crippen LogP contribution >= 0.6 is 15.9 Å². The largest absolute Gasteiger partial charge is 0.495 e. The molecule has 0 aliphatic heterocycles. The predicted octanol–water partition coefficient (Wildman–Crippen LogP) is 2.61. The van der Waals surface area contributed by atoms with Crippen molar-refractivity contribution in [1.82, 2.24) is 0 Å². The van der Waals surface area contributed by atoms with Gasteiger partial charge in [-0.2, -0.15) is 0 Å². The van der Waals surface area contributed by atoms with Crippen LogP contribution < -0.4 is 9.46 Å². The SMILES string of the molecule is COc1cccc(NS(=O)(=O)C(C)C)c1Br. The topological polar surface area (TPSA) is 55.4 Å². The van der Waals surface area contributed by atoms with Crippen molar-refractivity contribution in [3.63, 3.8) is 0 Å². The Balaban J connectivity index is 3.08. The first-order valence-electron chi connectivity index (χ1n) is 4.72. The molecule has 1 N–H and O–H groups in total. The summed E-state index contributed by atoms with van der Waals surface area (Å²) in [6.07, 6.45) is 0. The summed E-state index contributed by atoms with van der Waals surface area (Å²) < 4.78 is 31.5. The molecule has 16 heavy (non-hydrogen) atoms. The first-order chi connectivity index (χ1) is 7.38. The van der Waals surface area contributed by atoms with Crippen molar-refractivity contribution in [3.8, 4) is 5.75 Å². The highest BCUT2D eigenvalue weighted by Gasteiger charge is 2.17. The molecule has 6 heteroatoms. The molecular weight excluding hydrogens is 294 g/mol. The highest BCUT2D eigenvalue weighted by molar-refractivity contribution is 9.10. The number of sulfonamides is 1. The number of nitrogens with one attached hydrogen (secondary N) is 1. The van der Waals surface area contributed by atoms with E-state index >= 15 is 0 Å². The molecule has 0 saturated heterocycles. The number of anilines is 1. The molecule has 0 atom stereocenters. The maximum Gasteiger partial charge on any atom is 0.235 e. The summed E-state index contributed by atoms with van der Waals surface area (Å²) in [6, 6.07) is 5.14. The lowest BCUT2D eigenvalue weighted by Crippen LogP contribution is -2.22. The van der Waals surface area contributed by atoms with E-state index in [-0.39, 0.29) is 0 Å². The summed E-state index contributed by atoms with van der Waals surface area (Å²) in [6.45, 7) is 3.24. The molecule has 0 unspecified atom stereocenters. The smallest absolute Gasteiger partial charge is 0.235 e. The van der Waals surface area contributed by atoms with Crippen LogP contribution in [-0.2, 0) is 10.0 Å². The van der Waals surface area contributed by atoms with E-state index in [1.165, 1.54) is 7.11 Å². The number of hydrogen-bond donors (Lipinski definition) is 1. The lowest BCUT2D eigenvalue weighted by molar-refractivity contribution is 0.412. The van der Waals surface area contributed by atoms with E-state index in [1.807, 2.05) is 0 Å². The highest BCUT2D eigenvalue weighted by atomic mass is 79.9. The van der Waals surface area contributed by atoms with Crippen LogP contribution in [0.4, 0.5) is 5.69 Å². The first kappa shape index (κ1) is 13.3. The molecule has 1 aromatic carbocycles. The van der Waals surface area contributed by atoms with Crippen molar-refractivity contribution >= 4 is 31.6 Å². The van der Waals surface area contributed by atoms with Crippen LogP contribution in [0.3, 0.4) is 0 Å². The standard InChI is InChI=1S/C10H14BrNO3S/c1-7(2)16(13,14)12-8-5-4-6-9(15-3)10(8)11/h4-7,12H,1-3H3. The fraction of sp³-hybridized carbons (Fsp3) is 0.400. The van der Waals surface area contributed by atoms with Gasteiger partial charge in [0.05, 0.1) is 22.5 Å². The quantitative estimate of drug-likeness (QED) is 0.930. The molecule has 4 nitrogen and oxygen atoms in total. The van der Waals surface area contributed by atoms with Gasteiger partial charge in [0.15, 0.2) is 0 Å². The van der Waals surface area contributed by atoms with E-state index in [0.717, 1.165) is 0 Å². The summed E-state index contributed by atoms with van der Waals surface area (Å²) in [7, 11) is -1.81. The van der Waals surface area contributed by atoms with Gasteiger partial charge in [-0.05, 0) is 41.9 Å². The van der Waals surface area contributed by atoms with Gasteiger partial charge in [0.2, 0.25) is 10.0 Å². The summed E-state index contributed by atoms with van der Waals surface area (Å²) in [5.74, 6) is 0.587. The van der Waals surface area contributed by atoms with E-state index in [9.17, 15) is 8.42 Å². The van der Waals surface area contributed by atoms with Crippen molar-refractivity contribution in [2.24, 2.45) is 0 Å². The van der Waals surface area contributed by atoms with Gasteiger partial charge >= 0.3 is 0 Å². The van der Waals surface area contributed by atoms with Gasteiger partial charge in [0, 0.05) is 0 Å². The Kier molecular flexibility index (Phi) is 4.21. The van der Waals surface area contributed by atoms with Crippen LogP contribution in [0.5, 0.6) is 5.75 Å². The van der Waals surface area contributed by atoms with Crippen LogP contribution in [0.15, 0.2) is 22.7 Å². The molecule has 0 heterocycles. The van der Waals surface area contributed by atoms with Crippen molar-refractivity contribution in [3.05, 3.63) is 22.7 Å². The van der Waals surface area contributed by atoms with E-state index in [0.29, 0.717) is 15.9 Å². The van der Waals surface area contributed by atoms with Crippen molar-refractivity contribution in [2.75, 3.05) is 11.8 Å². The number of benzene rings is 1. The number of rotatable bonds is 4.